The topological polar surface area (TPSA) is 101 Å². The van der Waals surface area contributed by atoms with Gasteiger partial charge in [-0.05, 0) is 30.2 Å². The van der Waals surface area contributed by atoms with Crippen LogP contribution in [0.15, 0.2) is 35.9 Å². The van der Waals surface area contributed by atoms with Gasteiger partial charge in [-0.1, -0.05) is 18.2 Å². The van der Waals surface area contributed by atoms with E-state index < -0.39 is 17.6 Å². The van der Waals surface area contributed by atoms with Crippen LogP contribution in [0.25, 0.3) is 5.57 Å². The molecule has 2 aromatic rings. The zero-order chi connectivity index (χ0) is 16.5. The second kappa shape index (κ2) is 4.30. The fraction of sp³-hybridized carbons (Fsp3) is 0.111. The van der Waals surface area contributed by atoms with E-state index in [9.17, 15) is 19.8 Å². The number of hydrogen-bond donors (Lipinski definition) is 3. The Morgan fingerprint density at radius 3 is 2.48 bits per heavy atom. The number of nitrogens with two attached hydrogens (primary N) is 1. The Labute approximate surface area is 131 Å². The molecule has 4 N–H and O–H groups in total. The first-order chi connectivity index (χ1) is 10.9. The Kier molecular flexibility index (Phi) is 2.57. The highest BCUT2D eigenvalue weighted by Gasteiger charge is 2.44. The number of aryl methyl sites for hydroxylation is 1. The third-order valence-corrected chi connectivity index (χ3v) is 4.44. The smallest absolute Gasteiger partial charge is 0.196 e. The number of aromatic hydroxyl groups is 2. The van der Waals surface area contributed by atoms with E-state index in [0.29, 0.717) is 11.1 Å². The largest absolute Gasteiger partial charge is 0.507 e. The van der Waals surface area contributed by atoms with Gasteiger partial charge < -0.3 is 15.9 Å². The molecule has 0 aromatic heterocycles. The van der Waals surface area contributed by atoms with Crippen LogP contribution in [0, 0.1) is 6.92 Å². The molecule has 0 fully saturated rings. The number of hydrogen-bond acceptors (Lipinski definition) is 5. The average Bonchev–Trinajstić information content (AvgIpc) is 2.79. The Morgan fingerprint density at radius 1 is 1.00 bits per heavy atom. The number of allylic oxidation sites excluding steroid dienone is 1. The van der Waals surface area contributed by atoms with Crippen molar-refractivity contribution in [3.63, 3.8) is 0 Å². The molecular weight excluding hydrogens is 294 g/mol. The zero-order valence-corrected chi connectivity index (χ0v) is 12.3. The van der Waals surface area contributed by atoms with E-state index in [0.717, 1.165) is 5.56 Å². The lowest BCUT2D eigenvalue weighted by Crippen LogP contribution is -2.24. The van der Waals surface area contributed by atoms with E-state index in [-0.39, 0.29) is 33.8 Å². The van der Waals surface area contributed by atoms with E-state index in [1.807, 2.05) is 0 Å². The van der Waals surface area contributed by atoms with E-state index >= 15 is 0 Å². The second-order valence-electron chi connectivity index (χ2n) is 5.87. The van der Waals surface area contributed by atoms with E-state index in [1.165, 1.54) is 24.3 Å². The number of ketones is 2. The Bertz CT molecular complexity index is 956. The second-order valence-corrected chi connectivity index (χ2v) is 5.87. The Hall–Kier alpha value is -2.92. The molecule has 4 rings (SSSR count). The first-order valence-corrected chi connectivity index (χ1v) is 7.16. The maximum Gasteiger partial charge on any atom is 0.196 e. The average molecular weight is 307 g/mol. The number of phenolic OH excluding ortho intramolecular Hbond substituents is 2. The molecule has 1 atom stereocenters. The summed E-state index contributed by atoms with van der Waals surface area (Å²) < 4.78 is 0. The number of phenols is 2. The van der Waals surface area contributed by atoms with Crippen LogP contribution in [0.4, 0.5) is 0 Å². The Morgan fingerprint density at radius 2 is 1.74 bits per heavy atom. The van der Waals surface area contributed by atoms with Crippen LogP contribution in [0.5, 0.6) is 11.5 Å². The van der Waals surface area contributed by atoms with Crippen LogP contribution in [-0.2, 0) is 0 Å². The van der Waals surface area contributed by atoms with Crippen LogP contribution in [0.2, 0.25) is 0 Å². The van der Waals surface area contributed by atoms with Gasteiger partial charge in [0, 0.05) is 22.3 Å². The molecule has 0 amide bonds. The molecular formula is C18H13NO4. The van der Waals surface area contributed by atoms with Gasteiger partial charge in [0.15, 0.2) is 11.6 Å². The number of fused-ring (bicyclic) bond motifs is 3. The molecule has 0 aliphatic heterocycles. The van der Waals surface area contributed by atoms with Crippen LogP contribution < -0.4 is 5.73 Å². The zero-order valence-electron chi connectivity index (χ0n) is 12.3. The summed E-state index contributed by atoms with van der Waals surface area (Å²) in [6.45, 7) is 1.80. The van der Waals surface area contributed by atoms with E-state index in [4.69, 9.17) is 5.73 Å². The maximum atomic E-state index is 12.9. The summed E-state index contributed by atoms with van der Waals surface area (Å²) in [6.07, 6.45) is 0. The molecule has 2 aromatic carbocycles. The highest BCUT2D eigenvalue weighted by Crippen LogP contribution is 2.49. The standard InChI is InChI=1S/C18H13NO4/c1-7-5-9-12(11(21)6-7)14-15(16(9)19)18(23)13-8(17(14)22)3-2-4-10(13)20/h2-6,16,20-21H,19H2,1H3. The first kappa shape index (κ1) is 13.7. The van der Waals surface area contributed by atoms with Gasteiger partial charge in [-0.15, -0.1) is 0 Å². The summed E-state index contributed by atoms with van der Waals surface area (Å²) in [5, 5.41) is 20.3. The molecule has 0 saturated heterocycles. The predicted octanol–water partition coefficient (Wildman–Crippen LogP) is 2.25. The molecule has 0 radical (unpaired) electrons. The van der Waals surface area contributed by atoms with Crippen molar-refractivity contribution in [2.45, 2.75) is 13.0 Å². The van der Waals surface area contributed by atoms with Crippen molar-refractivity contribution in [1.82, 2.24) is 0 Å². The summed E-state index contributed by atoms with van der Waals surface area (Å²) >= 11 is 0. The molecule has 5 nitrogen and oxygen atoms in total. The van der Waals surface area contributed by atoms with Gasteiger partial charge in [0.25, 0.3) is 0 Å². The highest BCUT2D eigenvalue weighted by molar-refractivity contribution is 6.43. The first-order valence-electron chi connectivity index (χ1n) is 7.16. The van der Waals surface area contributed by atoms with Crippen LogP contribution in [0.1, 0.15) is 43.4 Å². The van der Waals surface area contributed by atoms with Gasteiger partial charge in [-0.3, -0.25) is 9.59 Å². The van der Waals surface area contributed by atoms with Crippen molar-refractivity contribution in [3.05, 3.63) is 63.7 Å². The minimum Gasteiger partial charge on any atom is -0.507 e. The highest BCUT2D eigenvalue weighted by atomic mass is 16.3. The number of carbonyl (C=O) groups excluding carboxylic acids is 2. The van der Waals surface area contributed by atoms with E-state index in [1.54, 1.807) is 13.0 Å². The molecule has 23 heavy (non-hydrogen) atoms. The van der Waals surface area contributed by atoms with Gasteiger partial charge in [0.2, 0.25) is 0 Å². The summed E-state index contributed by atoms with van der Waals surface area (Å²) in [6, 6.07) is 6.88. The van der Waals surface area contributed by atoms with Gasteiger partial charge >= 0.3 is 0 Å². The molecule has 0 saturated carbocycles. The van der Waals surface area contributed by atoms with E-state index in [2.05, 4.69) is 0 Å². The summed E-state index contributed by atoms with van der Waals surface area (Å²) in [7, 11) is 0. The molecule has 114 valence electrons. The summed E-state index contributed by atoms with van der Waals surface area (Å²) in [5.74, 6) is -1.17. The van der Waals surface area contributed by atoms with Crippen molar-refractivity contribution in [3.8, 4) is 11.5 Å². The van der Waals surface area contributed by atoms with Crippen LogP contribution >= 0.6 is 0 Å². The lowest BCUT2D eigenvalue weighted by Gasteiger charge is -2.19. The van der Waals surface area contributed by atoms with Gasteiger partial charge in [-0.25, -0.2) is 0 Å². The lowest BCUT2D eigenvalue weighted by atomic mass is 9.83. The molecule has 0 spiro atoms. The minimum absolute atomic E-state index is 0.0179. The lowest BCUT2D eigenvalue weighted by molar-refractivity contribution is 0.0986. The summed E-state index contributed by atoms with van der Waals surface area (Å²) in [4.78, 5) is 25.7. The summed E-state index contributed by atoms with van der Waals surface area (Å²) in [5.41, 5.74) is 8.25. The van der Waals surface area contributed by atoms with Crippen molar-refractivity contribution < 1.29 is 19.8 Å². The third-order valence-electron chi connectivity index (χ3n) is 4.44. The normalized spacial score (nSPS) is 18.8. The van der Waals surface area contributed by atoms with Crippen molar-refractivity contribution in [2.24, 2.45) is 5.73 Å². The van der Waals surface area contributed by atoms with Crippen LogP contribution in [-0.4, -0.2) is 21.8 Å². The number of carbonyl (C=O) groups is 2. The van der Waals surface area contributed by atoms with Gasteiger partial charge in [0.05, 0.1) is 11.6 Å². The fourth-order valence-electron chi connectivity index (χ4n) is 3.49. The fourth-order valence-corrected chi connectivity index (χ4v) is 3.49. The molecule has 0 bridgehead atoms. The maximum absolute atomic E-state index is 12.9. The van der Waals surface area contributed by atoms with Crippen molar-refractivity contribution in [1.29, 1.82) is 0 Å². The number of rotatable bonds is 0. The SMILES string of the molecule is Cc1cc(O)c2c(c1)C(N)C1=C2C(=O)c2cccc(O)c2C1=O. The molecule has 2 aliphatic rings. The third kappa shape index (κ3) is 1.59. The van der Waals surface area contributed by atoms with Crippen LogP contribution in [0.3, 0.4) is 0 Å². The molecule has 0 heterocycles. The molecule has 5 heteroatoms. The quantitative estimate of drug-likeness (QED) is 0.693. The number of benzene rings is 2. The van der Waals surface area contributed by atoms with Gasteiger partial charge in [0.1, 0.15) is 11.5 Å². The Balaban J connectivity index is 2.06. The number of Topliss-reactive ketones (excluding diaryl/α,β-unsaturated/α-hetero) is 2. The van der Waals surface area contributed by atoms with Gasteiger partial charge in [-0.2, -0.15) is 0 Å². The molecule has 1 unspecified atom stereocenters. The predicted molar refractivity (Wildman–Crippen MR) is 83.5 cm³/mol. The monoisotopic (exact) mass is 307 g/mol. The molecule has 2 aliphatic carbocycles. The van der Waals surface area contributed by atoms with Crippen molar-refractivity contribution in [2.75, 3.05) is 0 Å². The minimum atomic E-state index is -0.796. The van der Waals surface area contributed by atoms with Crippen molar-refractivity contribution >= 4 is 17.1 Å².